The molecule has 2 aromatic carbocycles. The Morgan fingerprint density at radius 3 is 2.57 bits per heavy atom. The summed E-state index contributed by atoms with van der Waals surface area (Å²) in [6.07, 6.45) is 0. The molecule has 9 heteroatoms. The summed E-state index contributed by atoms with van der Waals surface area (Å²) in [7, 11) is -2.48. The summed E-state index contributed by atoms with van der Waals surface area (Å²) < 4.78 is 38.4. The van der Waals surface area contributed by atoms with Gasteiger partial charge in [-0.25, -0.2) is 8.42 Å². The Labute approximate surface area is 170 Å². The number of hydrogen-bond donors (Lipinski definition) is 2. The van der Waals surface area contributed by atoms with E-state index >= 15 is 0 Å². The van der Waals surface area contributed by atoms with E-state index in [0.29, 0.717) is 12.4 Å². The Balaban J connectivity index is 2.09. The zero-order chi connectivity index (χ0) is 20.7. The first-order valence-electron chi connectivity index (χ1n) is 8.62. The fourth-order valence-electron chi connectivity index (χ4n) is 2.50. The molecule has 0 aliphatic carbocycles. The molecule has 1 atom stereocenters. The normalized spacial score (nSPS) is 12.3. The van der Waals surface area contributed by atoms with Gasteiger partial charge in [0.2, 0.25) is 15.9 Å². The van der Waals surface area contributed by atoms with Crippen LogP contribution in [0.3, 0.4) is 0 Å². The van der Waals surface area contributed by atoms with Crippen LogP contribution in [0.4, 0.5) is 0 Å². The smallest absolute Gasteiger partial charge is 0.245 e. The van der Waals surface area contributed by atoms with Crippen molar-refractivity contribution in [3.63, 3.8) is 0 Å². The van der Waals surface area contributed by atoms with E-state index in [-0.39, 0.29) is 22.2 Å². The number of sulfonamides is 1. The van der Waals surface area contributed by atoms with Gasteiger partial charge in [-0.15, -0.1) is 0 Å². The number of halogens is 1. The van der Waals surface area contributed by atoms with Crippen LogP contribution in [-0.2, 0) is 21.4 Å². The van der Waals surface area contributed by atoms with Crippen LogP contribution in [0.2, 0.25) is 5.02 Å². The Kier molecular flexibility index (Phi) is 7.68. The lowest BCUT2D eigenvalue weighted by Crippen LogP contribution is -2.44. The number of carbonyl (C=O) groups is 1. The second-order valence-corrected chi connectivity index (χ2v) is 8.02. The van der Waals surface area contributed by atoms with Gasteiger partial charge in [0.05, 0.1) is 19.8 Å². The molecule has 0 heterocycles. The molecule has 0 fully saturated rings. The maximum atomic E-state index is 12.7. The zero-order valence-electron chi connectivity index (χ0n) is 15.9. The van der Waals surface area contributed by atoms with E-state index in [4.69, 9.17) is 21.1 Å². The van der Waals surface area contributed by atoms with Gasteiger partial charge in [0.15, 0.2) is 0 Å². The van der Waals surface area contributed by atoms with Crippen molar-refractivity contribution in [2.45, 2.75) is 31.3 Å². The molecule has 0 bridgehead atoms. The van der Waals surface area contributed by atoms with Crippen LogP contribution in [0.5, 0.6) is 11.5 Å². The predicted molar refractivity (Wildman–Crippen MR) is 107 cm³/mol. The monoisotopic (exact) mass is 426 g/mol. The molecule has 0 saturated carbocycles. The zero-order valence-corrected chi connectivity index (χ0v) is 17.4. The lowest BCUT2D eigenvalue weighted by Gasteiger charge is -2.17. The van der Waals surface area contributed by atoms with Gasteiger partial charge in [0.1, 0.15) is 16.4 Å². The lowest BCUT2D eigenvalue weighted by atomic mass is 10.2. The van der Waals surface area contributed by atoms with E-state index in [2.05, 4.69) is 10.0 Å². The van der Waals surface area contributed by atoms with Gasteiger partial charge in [-0.1, -0.05) is 29.8 Å². The van der Waals surface area contributed by atoms with Crippen molar-refractivity contribution in [2.24, 2.45) is 0 Å². The van der Waals surface area contributed by atoms with Gasteiger partial charge in [0.25, 0.3) is 0 Å². The SMILES string of the molecule is CCOc1ccc(Cl)cc1S(=O)(=O)NC(C)C(=O)NCc1ccccc1OC. The van der Waals surface area contributed by atoms with Gasteiger partial charge in [-0.3, -0.25) is 4.79 Å². The Hall–Kier alpha value is -2.29. The Bertz CT molecular complexity index is 934. The second-order valence-electron chi connectivity index (χ2n) is 5.90. The number of carbonyl (C=O) groups excluding carboxylic acids is 1. The molecule has 2 aromatic rings. The van der Waals surface area contributed by atoms with Crippen LogP contribution in [0.25, 0.3) is 0 Å². The molecule has 0 aliphatic heterocycles. The molecule has 0 aromatic heterocycles. The summed E-state index contributed by atoms with van der Waals surface area (Å²) in [4.78, 5) is 12.2. The van der Waals surface area contributed by atoms with E-state index in [1.54, 1.807) is 20.1 Å². The van der Waals surface area contributed by atoms with Gasteiger partial charge in [0, 0.05) is 17.1 Å². The topological polar surface area (TPSA) is 93.7 Å². The fraction of sp³-hybridized carbons (Fsp3) is 0.316. The number of amides is 1. The Morgan fingerprint density at radius 2 is 1.89 bits per heavy atom. The first-order chi connectivity index (χ1) is 13.3. The van der Waals surface area contributed by atoms with Gasteiger partial charge in [-0.05, 0) is 38.1 Å². The van der Waals surface area contributed by atoms with Crippen molar-refractivity contribution in [1.82, 2.24) is 10.0 Å². The summed E-state index contributed by atoms with van der Waals surface area (Å²) in [6.45, 7) is 3.70. The molecule has 0 saturated heterocycles. The largest absolute Gasteiger partial charge is 0.496 e. The van der Waals surface area contributed by atoms with Crippen molar-refractivity contribution < 1.29 is 22.7 Å². The van der Waals surface area contributed by atoms with Crippen LogP contribution in [0.1, 0.15) is 19.4 Å². The van der Waals surface area contributed by atoms with Crippen molar-refractivity contribution in [3.8, 4) is 11.5 Å². The maximum absolute atomic E-state index is 12.7. The van der Waals surface area contributed by atoms with Crippen LogP contribution in [0, 0.1) is 0 Å². The number of rotatable bonds is 9. The molecular formula is C19H23ClN2O5S. The summed E-state index contributed by atoms with van der Waals surface area (Å²) in [5.74, 6) is 0.326. The quantitative estimate of drug-likeness (QED) is 0.643. The molecule has 2 rings (SSSR count). The van der Waals surface area contributed by atoms with Crippen LogP contribution >= 0.6 is 11.6 Å². The van der Waals surface area contributed by atoms with Gasteiger partial charge < -0.3 is 14.8 Å². The molecular weight excluding hydrogens is 404 g/mol. The molecule has 7 nitrogen and oxygen atoms in total. The Morgan fingerprint density at radius 1 is 1.18 bits per heavy atom. The first-order valence-corrected chi connectivity index (χ1v) is 10.5. The van der Waals surface area contributed by atoms with E-state index in [9.17, 15) is 13.2 Å². The molecule has 0 radical (unpaired) electrons. The van der Waals surface area contributed by atoms with Crippen molar-refractivity contribution >= 4 is 27.5 Å². The molecule has 2 N–H and O–H groups in total. The fourth-order valence-corrected chi connectivity index (χ4v) is 4.11. The summed E-state index contributed by atoms with van der Waals surface area (Å²) in [6, 6.07) is 10.5. The van der Waals surface area contributed by atoms with E-state index in [1.807, 2.05) is 18.2 Å². The predicted octanol–water partition coefficient (Wildman–Crippen LogP) is 2.73. The average molecular weight is 427 g/mol. The minimum Gasteiger partial charge on any atom is -0.496 e. The summed E-state index contributed by atoms with van der Waals surface area (Å²) in [5, 5.41) is 2.94. The highest BCUT2D eigenvalue weighted by atomic mass is 35.5. The number of nitrogens with one attached hydrogen (secondary N) is 2. The summed E-state index contributed by atoms with van der Waals surface area (Å²) >= 11 is 5.93. The first kappa shape index (κ1) is 22.0. The third kappa shape index (κ3) is 5.60. The van der Waals surface area contributed by atoms with Crippen molar-refractivity contribution in [1.29, 1.82) is 0 Å². The lowest BCUT2D eigenvalue weighted by molar-refractivity contribution is -0.122. The number of methoxy groups -OCH3 is 1. The highest BCUT2D eigenvalue weighted by Gasteiger charge is 2.25. The maximum Gasteiger partial charge on any atom is 0.245 e. The highest BCUT2D eigenvalue weighted by Crippen LogP contribution is 2.27. The van der Waals surface area contributed by atoms with E-state index < -0.39 is 22.0 Å². The van der Waals surface area contributed by atoms with Gasteiger partial charge in [-0.2, -0.15) is 4.72 Å². The molecule has 28 heavy (non-hydrogen) atoms. The van der Waals surface area contributed by atoms with Crippen LogP contribution in [0.15, 0.2) is 47.4 Å². The summed E-state index contributed by atoms with van der Waals surface area (Å²) in [5.41, 5.74) is 0.780. The number of para-hydroxylation sites is 1. The number of benzene rings is 2. The highest BCUT2D eigenvalue weighted by molar-refractivity contribution is 7.89. The second kappa shape index (κ2) is 9.77. The molecule has 0 spiro atoms. The van der Waals surface area contributed by atoms with Crippen molar-refractivity contribution in [2.75, 3.05) is 13.7 Å². The van der Waals surface area contributed by atoms with Crippen LogP contribution < -0.4 is 19.5 Å². The number of hydrogen-bond acceptors (Lipinski definition) is 5. The van der Waals surface area contributed by atoms with Crippen LogP contribution in [-0.4, -0.2) is 34.1 Å². The standard InChI is InChI=1S/C19H23ClN2O5S/c1-4-27-17-10-9-15(20)11-18(17)28(24,25)22-13(2)19(23)21-12-14-7-5-6-8-16(14)26-3/h5-11,13,22H,4,12H2,1-3H3,(H,21,23). The third-order valence-corrected chi connectivity index (χ3v) is 5.66. The third-order valence-electron chi connectivity index (χ3n) is 3.87. The van der Waals surface area contributed by atoms with E-state index in [1.165, 1.54) is 25.1 Å². The minimum absolute atomic E-state index is 0.119. The van der Waals surface area contributed by atoms with Crippen molar-refractivity contribution in [3.05, 3.63) is 53.1 Å². The molecule has 0 aliphatic rings. The van der Waals surface area contributed by atoms with Gasteiger partial charge >= 0.3 is 0 Å². The number of ether oxygens (including phenoxy) is 2. The molecule has 1 unspecified atom stereocenters. The molecule has 1 amide bonds. The molecule has 152 valence electrons. The minimum atomic E-state index is -4.02. The average Bonchev–Trinajstić information content (AvgIpc) is 2.67. The van der Waals surface area contributed by atoms with E-state index in [0.717, 1.165) is 5.56 Å².